The van der Waals surface area contributed by atoms with Crippen LogP contribution in [0.1, 0.15) is 26.7 Å². The van der Waals surface area contributed by atoms with Gasteiger partial charge in [-0.25, -0.2) is 0 Å². The third-order valence-electron chi connectivity index (χ3n) is 3.19. The van der Waals surface area contributed by atoms with E-state index in [1.165, 1.54) is 0 Å². The van der Waals surface area contributed by atoms with Gasteiger partial charge in [-0.3, -0.25) is 9.59 Å². The number of hydrogen-bond acceptors (Lipinski definition) is 3. The van der Waals surface area contributed by atoms with E-state index in [0.29, 0.717) is 0 Å². The maximum Gasteiger partial charge on any atom is 0.133 e. The van der Waals surface area contributed by atoms with Crippen LogP contribution in [0.2, 0.25) is 0 Å². The van der Waals surface area contributed by atoms with Gasteiger partial charge in [-0.1, -0.05) is 0 Å². The zero-order valence-corrected chi connectivity index (χ0v) is 7.95. The van der Waals surface area contributed by atoms with Gasteiger partial charge >= 0.3 is 0 Å². The molecule has 1 aliphatic carbocycles. The van der Waals surface area contributed by atoms with Crippen molar-refractivity contribution in [3.05, 3.63) is 0 Å². The van der Waals surface area contributed by atoms with Crippen molar-refractivity contribution in [3.8, 4) is 0 Å². The molecule has 4 unspecified atom stereocenters. The van der Waals surface area contributed by atoms with Gasteiger partial charge in [0.25, 0.3) is 0 Å². The minimum Gasteiger partial charge on any atom is -0.370 e. The van der Waals surface area contributed by atoms with Crippen molar-refractivity contribution in [2.24, 2.45) is 11.8 Å². The van der Waals surface area contributed by atoms with Gasteiger partial charge in [0.15, 0.2) is 0 Å². The van der Waals surface area contributed by atoms with Gasteiger partial charge in [0.05, 0.1) is 12.2 Å². The summed E-state index contributed by atoms with van der Waals surface area (Å²) in [6.45, 7) is 3.15. The number of carbonyl (C=O) groups is 2. The first-order chi connectivity index (χ1) is 6.09. The lowest BCUT2D eigenvalue weighted by molar-refractivity contribution is -0.131. The van der Waals surface area contributed by atoms with Crippen LogP contribution in [0.25, 0.3) is 0 Å². The van der Waals surface area contributed by atoms with Crippen LogP contribution < -0.4 is 0 Å². The van der Waals surface area contributed by atoms with Crippen molar-refractivity contribution in [2.75, 3.05) is 0 Å². The molecule has 0 aromatic heterocycles. The minimum absolute atomic E-state index is 0.0822. The Bertz CT molecular complexity index is 233. The highest BCUT2D eigenvalue weighted by Gasteiger charge is 2.50. The van der Waals surface area contributed by atoms with Crippen LogP contribution in [0, 0.1) is 11.8 Å². The zero-order valence-electron chi connectivity index (χ0n) is 7.95. The number of ketones is 2. The van der Waals surface area contributed by atoms with Crippen molar-refractivity contribution in [2.45, 2.75) is 38.9 Å². The first kappa shape index (κ1) is 8.88. The van der Waals surface area contributed by atoms with Crippen molar-refractivity contribution >= 4 is 11.6 Å². The second-order valence-corrected chi connectivity index (χ2v) is 4.12. The molecule has 0 aromatic rings. The Hall–Kier alpha value is -0.700. The number of fused-ring (bicyclic) bond motifs is 1. The second kappa shape index (κ2) is 2.91. The Morgan fingerprint density at radius 3 is 1.69 bits per heavy atom. The maximum absolute atomic E-state index is 11.3. The lowest BCUT2D eigenvalue weighted by Crippen LogP contribution is -2.33. The molecule has 13 heavy (non-hydrogen) atoms. The molecule has 0 N–H and O–H groups in total. The van der Waals surface area contributed by atoms with Crippen molar-refractivity contribution in [1.82, 2.24) is 0 Å². The van der Waals surface area contributed by atoms with E-state index in [0.717, 1.165) is 12.8 Å². The Kier molecular flexibility index (Phi) is 1.99. The summed E-state index contributed by atoms with van der Waals surface area (Å²) in [5, 5.41) is 0. The average molecular weight is 182 g/mol. The Balaban J connectivity index is 2.12. The van der Waals surface area contributed by atoms with E-state index < -0.39 is 0 Å². The number of epoxide rings is 1. The molecule has 3 nitrogen and oxygen atoms in total. The summed E-state index contributed by atoms with van der Waals surface area (Å²) in [6, 6.07) is 0. The topological polar surface area (TPSA) is 46.7 Å². The molecule has 0 aromatic carbocycles. The van der Waals surface area contributed by atoms with Crippen LogP contribution >= 0.6 is 0 Å². The molecule has 4 atom stereocenters. The molecule has 3 heteroatoms. The van der Waals surface area contributed by atoms with Crippen molar-refractivity contribution < 1.29 is 14.3 Å². The quantitative estimate of drug-likeness (QED) is 0.597. The monoisotopic (exact) mass is 182 g/mol. The Morgan fingerprint density at radius 1 is 1.00 bits per heavy atom. The molecule has 0 bridgehead atoms. The first-order valence-corrected chi connectivity index (χ1v) is 4.76. The van der Waals surface area contributed by atoms with E-state index in [-0.39, 0.29) is 35.6 Å². The van der Waals surface area contributed by atoms with Crippen molar-refractivity contribution in [1.29, 1.82) is 0 Å². The van der Waals surface area contributed by atoms with Gasteiger partial charge in [0, 0.05) is 11.8 Å². The van der Waals surface area contributed by atoms with E-state index in [1.807, 2.05) is 0 Å². The zero-order chi connectivity index (χ0) is 9.59. The van der Waals surface area contributed by atoms with Gasteiger partial charge in [0.1, 0.15) is 11.6 Å². The standard InChI is InChI=1S/C10H14O3/c1-5(11)7-3-9-10(13-9)4-8(7)6(2)12/h7-10H,3-4H2,1-2H3. The molecule has 1 saturated carbocycles. The van der Waals surface area contributed by atoms with Crippen LogP contribution in [-0.2, 0) is 14.3 Å². The molecule has 2 rings (SSSR count). The molecular weight excluding hydrogens is 168 g/mol. The molecule has 2 fully saturated rings. The van der Waals surface area contributed by atoms with Gasteiger partial charge in [-0.05, 0) is 26.7 Å². The molecule has 1 aliphatic heterocycles. The summed E-state index contributed by atoms with van der Waals surface area (Å²) in [7, 11) is 0. The van der Waals surface area contributed by atoms with Crippen LogP contribution in [0.5, 0.6) is 0 Å². The van der Waals surface area contributed by atoms with Crippen LogP contribution in [0.15, 0.2) is 0 Å². The van der Waals surface area contributed by atoms with E-state index >= 15 is 0 Å². The smallest absolute Gasteiger partial charge is 0.133 e. The number of rotatable bonds is 2. The number of carbonyl (C=O) groups excluding carboxylic acids is 2. The molecule has 72 valence electrons. The molecule has 2 aliphatic rings. The number of ether oxygens (including phenoxy) is 1. The fourth-order valence-electron chi connectivity index (χ4n) is 2.32. The third-order valence-corrected chi connectivity index (χ3v) is 3.19. The van der Waals surface area contributed by atoms with Crippen molar-refractivity contribution in [3.63, 3.8) is 0 Å². The lowest BCUT2D eigenvalue weighted by atomic mass is 9.75. The first-order valence-electron chi connectivity index (χ1n) is 4.76. The molecule has 0 spiro atoms. The average Bonchev–Trinajstić information content (AvgIpc) is 2.78. The fourth-order valence-corrected chi connectivity index (χ4v) is 2.32. The summed E-state index contributed by atoms with van der Waals surface area (Å²) in [5.74, 6) is 0.103. The van der Waals surface area contributed by atoms with Gasteiger partial charge in [0.2, 0.25) is 0 Å². The Morgan fingerprint density at radius 2 is 1.38 bits per heavy atom. The molecule has 1 heterocycles. The predicted octanol–water partition coefficient (Wildman–Crippen LogP) is 0.958. The molecule has 0 radical (unpaired) electrons. The molecule has 0 amide bonds. The fraction of sp³-hybridized carbons (Fsp3) is 0.800. The normalized spacial score (nSPS) is 42.3. The highest BCUT2D eigenvalue weighted by atomic mass is 16.6. The van der Waals surface area contributed by atoms with E-state index in [2.05, 4.69) is 0 Å². The van der Waals surface area contributed by atoms with E-state index in [1.54, 1.807) is 13.8 Å². The van der Waals surface area contributed by atoms with E-state index in [9.17, 15) is 9.59 Å². The largest absolute Gasteiger partial charge is 0.370 e. The van der Waals surface area contributed by atoms with Crippen LogP contribution in [-0.4, -0.2) is 23.8 Å². The summed E-state index contributed by atoms with van der Waals surface area (Å²) >= 11 is 0. The van der Waals surface area contributed by atoms with Crippen LogP contribution in [0.4, 0.5) is 0 Å². The lowest BCUT2D eigenvalue weighted by Gasteiger charge is -2.24. The summed E-state index contributed by atoms with van der Waals surface area (Å²) in [5.41, 5.74) is 0. The summed E-state index contributed by atoms with van der Waals surface area (Å²) in [4.78, 5) is 22.5. The van der Waals surface area contributed by atoms with Gasteiger partial charge in [-0.2, -0.15) is 0 Å². The third kappa shape index (κ3) is 1.53. The SMILES string of the molecule is CC(=O)C1CC2OC2CC1C(C)=O. The van der Waals surface area contributed by atoms with E-state index in [4.69, 9.17) is 4.74 Å². The van der Waals surface area contributed by atoms with Gasteiger partial charge in [-0.15, -0.1) is 0 Å². The number of hydrogen-bond donors (Lipinski definition) is 0. The Labute approximate surface area is 77.4 Å². The summed E-state index contributed by atoms with van der Waals surface area (Å²) in [6.07, 6.45) is 2.04. The molecular formula is C10H14O3. The number of Topliss-reactive ketones (excluding diaryl/α,β-unsaturated/α-hetero) is 2. The van der Waals surface area contributed by atoms with Crippen LogP contribution in [0.3, 0.4) is 0 Å². The second-order valence-electron chi connectivity index (χ2n) is 4.12. The highest BCUT2D eigenvalue weighted by Crippen LogP contribution is 2.43. The van der Waals surface area contributed by atoms with Gasteiger partial charge < -0.3 is 4.74 Å². The predicted molar refractivity (Wildman–Crippen MR) is 46.2 cm³/mol. The molecule has 1 saturated heterocycles. The summed E-state index contributed by atoms with van der Waals surface area (Å²) < 4.78 is 5.33. The maximum atomic E-state index is 11.3. The minimum atomic E-state index is -0.0822. The highest BCUT2D eigenvalue weighted by molar-refractivity contribution is 5.87.